The topological polar surface area (TPSA) is 147 Å². The van der Waals surface area contributed by atoms with Gasteiger partial charge < -0.3 is 29.9 Å². The molecule has 2 saturated heterocycles. The predicted octanol–water partition coefficient (Wildman–Crippen LogP) is 4.45. The van der Waals surface area contributed by atoms with Crippen LogP contribution in [-0.4, -0.2) is 88.5 Å². The number of amides is 4. The molecule has 2 fully saturated rings. The maximum atomic E-state index is 14.1. The molecule has 3 heterocycles. The Bertz CT molecular complexity index is 1660. The fourth-order valence-electron chi connectivity index (χ4n) is 6.43. The van der Waals surface area contributed by atoms with Crippen LogP contribution in [0, 0.1) is 0 Å². The lowest BCUT2D eigenvalue weighted by molar-refractivity contribution is -0.151. The second-order valence-electron chi connectivity index (χ2n) is 13.6. The first-order valence-corrected chi connectivity index (χ1v) is 17.8. The summed E-state index contributed by atoms with van der Waals surface area (Å²) in [6.45, 7) is 6.15. The van der Waals surface area contributed by atoms with E-state index in [2.05, 4.69) is 15.6 Å². The smallest absolute Gasteiger partial charge is 0.408 e. The SMILES string of the molecule is COC(=O)[C@@H]1CCCN1C(=O)[C@H](Cc1ccccc1)NC(=O)c1csc([C@@H]2CCCN2C(=O)[C@H](Cc2ccccc2)NC(=O)OC(C)(C)C)n1. The first kappa shape index (κ1) is 36.5. The molecule has 4 atom stereocenters. The van der Waals surface area contributed by atoms with Gasteiger partial charge in [0.1, 0.15) is 34.4 Å². The van der Waals surface area contributed by atoms with Crippen LogP contribution in [0.15, 0.2) is 66.0 Å². The minimum absolute atomic E-state index is 0.133. The van der Waals surface area contributed by atoms with Crippen LogP contribution in [0.3, 0.4) is 0 Å². The lowest BCUT2D eigenvalue weighted by atomic mass is 10.0. The van der Waals surface area contributed by atoms with Crippen molar-refractivity contribution >= 4 is 41.1 Å². The summed E-state index contributed by atoms with van der Waals surface area (Å²) < 4.78 is 10.4. The molecule has 0 bridgehead atoms. The number of esters is 1. The molecule has 2 N–H and O–H groups in total. The molecule has 12 nitrogen and oxygen atoms in total. The number of rotatable bonds is 11. The highest BCUT2D eigenvalue weighted by atomic mass is 32.1. The van der Waals surface area contributed by atoms with E-state index in [1.165, 1.54) is 23.3 Å². The van der Waals surface area contributed by atoms with E-state index in [1.54, 1.807) is 31.1 Å². The van der Waals surface area contributed by atoms with Gasteiger partial charge in [-0.25, -0.2) is 14.6 Å². The van der Waals surface area contributed by atoms with Crippen molar-refractivity contribution in [1.82, 2.24) is 25.4 Å². The summed E-state index contributed by atoms with van der Waals surface area (Å²) in [5.74, 6) is -1.63. The molecule has 266 valence electrons. The lowest BCUT2D eigenvalue weighted by Gasteiger charge is -2.29. The van der Waals surface area contributed by atoms with E-state index in [4.69, 9.17) is 9.47 Å². The van der Waals surface area contributed by atoms with Crippen LogP contribution < -0.4 is 10.6 Å². The summed E-state index contributed by atoms with van der Waals surface area (Å²) in [5, 5.41) is 7.88. The Labute approximate surface area is 296 Å². The Kier molecular flexibility index (Phi) is 11.9. The zero-order valence-corrected chi connectivity index (χ0v) is 29.7. The maximum Gasteiger partial charge on any atom is 0.408 e. The van der Waals surface area contributed by atoms with Gasteiger partial charge in [0.2, 0.25) is 11.8 Å². The number of hydrogen-bond donors (Lipinski definition) is 2. The number of benzene rings is 2. The van der Waals surface area contributed by atoms with E-state index in [0.717, 1.165) is 17.5 Å². The van der Waals surface area contributed by atoms with Crippen LogP contribution >= 0.6 is 11.3 Å². The zero-order valence-electron chi connectivity index (χ0n) is 28.9. The van der Waals surface area contributed by atoms with E-state index in [-0.39, 0.29) is 36.4 Å². The molecule has 13 heteroatoms. The van der Waals surface area contributed by atoms with Crippen molar-refractivity contribution in [3.63, 3.8) is 0 Å². The van der Waals surface area contributed by atoms with Gasteiger partial charge in [-0.15, -0.1) is 11.3 Å². The lowest BCUT2D eigenvalue weighted by Crippen LogP contribution is -2.52. The van der Waals surface area contributed by atoms with E-state index in [1.807, 2.05) is 60.7 Å². The summed E-state index contributed by atoms with van der Waals surface area (Å²) in [5.41, 5.74) is 1.14. The highest BCUT2D eigenvalue weighted by molar-refractivity contribution is 7.09. The number of likely N-dealkylation sites (tertiary alicyclic amines) is 2. The van der Waals surface area contributed by atoms with E-state index < -0.39 is 41.7 Å². The molecular weight excluding hydrogens is 659 g/mol. The van der Waals surface area contributed by atoms with Crippen molar-refractivity contribution in [2.75, 3.05) is 20.2 Å². The van der Waals surface area contributed by atoms with Crippen molar-refractivity contribution in [2.24, 2.45) is 0 Å². The number of alkyl carbamates (subject to hydrolysis) is 1. The molecule has 0 spiro atoms. The van der Waals surface area contributed by atoms with E-state index in [0.29, 0.717) is 37.4 Å². The number of thiazole rings is 1. The number of nitrogens with zero attached hydrogens (tertiary/aromatic N) is 3. The van der Waals surface area contributed by atoms with Gasteiger partial charge in [-0.1, -0.05) is 60.7 Å². The van der Waals surface area contributed by atoms with Crippen molar-refractivity contribution < 1.29 is 33.4 Å². The molecule has 0 saturated carbocycles. The number of aromatic nitrogens is 1. The van der Waals surface area contributed by atoms with Gasteiger partial charge in [-0.3, -0.25) is 14.4 Å². The van der Waals surface area contributed by atoms with Gasteiger partial charge in [0.15, 0.2) is 0 Å². The van der Waals surface area contributed by atoms with Crippen LogP contribution in [0.25, 0.3) is 0 Å². The van der Waals surface area contributed by atoms with Crippen molar-refractivity contribution in [3.8, 4) is 0 Å². The average Bonchev–Trinajstić information content (AvgIpc) is 3.88. The normalized spacial score (nSPS) is 18.6. The van der Waals surface area contributed by atoms with Gasteiger partial charge in [0.25, 0.3) is 5.91 Å². The minimum Gasteiger partial charge on any atom is -0.467 e. The van der Waals surface area contributed by atoms with Crippen molar-refractivity contribution in [1.29, 1.82) is 0 Å². The number of carbonyl (C=O) groups is 5. The third kappa shape index (κ3) is 9.26. The van der Waals surface area contributed by atoms with Crippen LogP contribution in [-0.2, 0) is 36.7 Å². The predicted molar refractivity (Wildman–Crippen MR) is 187 cm³/mol. The van der Waals surface area contributed by atoms with Gasteiger partial charge in [0, 0.05) is 31.3 Å². The molecule has 3 aromatic rings. The van der Waals surface area contributed by atoms with E-state index in [9.17, 15) is 24.0 Å². The second-order valence-corrected chi connectivity index (χ2v) is 14.5. The number of nitrogens with one attached hydrogen (secondary N) is 2. The van der Waals surface area contributed by atoms with Crippen molar-refractivity contribution in [3.05, 3.63) is 87.9 Å². The summed E-state index contributed by atoms with van der Waals surface area (Å²) in [4.78, 5) is 74.6. The molecule has 0 unspecified atom stereocenters. The highest BCUT2D eigenvalue weighted by Gasteiger charge is 2.40. The molecule has 5 rings (SSSR count). The fraction of sp³-hybridized carbons (Fsp3) is 0.459. The van der Waals surface area contributed by atoms with Crippen molar-refractivity contribution in [2.45, 2.75) is 89.1 Å². The van der Waals surface area contributed by atoms with Gasteiger partial charge >= 0.3 is 12.1 Å². The number of hydrogen-bond acceptors (Lipinski definition) is 9. The molecule has 2 aromatic carbocycles. The van der Waals surface area contributed by atoms with Crippen LogP contribution in [0.4, 0.5) is 4.79 Å². The molecule has 4 amide bonds. The average molecular weight is 704 g/mol. The molecule has 0 radical (unpaired) electrons. The third-order valence-corrected chi connectivity index (χ3v) is 9.69. The van der Waals surface area contributed by atoms with E-state index >= 15 is 0 Å². The first-order valence-electron chi connectivity index (χ1n) is 17.0. The second kappa shape index (κ2) is 16.3. The number of ether oxygens (including phenoxy) is 2. The molecule has 0 aliphatic carbocycles. The maximum absolute atomic E-state index is 14.1. The third-order valence-electron chi connectivity index (χ3n) is 8.74. The molecular formula is C37H45N5O7S. The number of carbonyl (C=O) groups excluding carboxylic acids is 5. The van der Waals surface area contributed by atoms with Gasteiger partial charge in [-0.05, 0) is 57.6 Å². The largest absolute Gasteiger partial charge is 0.467 e. The Morgan fingerprint density at radius 3 is 2.00 bits per heavy atom. The Morgan fingerprint density at radius 1 is 0.840 bits per heavy atom. The molecule has 1 aromatic heterocycles. The van der Waals surface area contributed by atoms with Gasteiger partial charge in [-0.2, -0.15) is 0 Å². The fourth-order valence-corrected chi connectivity index (χ4v) is 7.37. The summed E-state index contributed by atoms with van der Waals surface area (Å²) >= 11 is 1.27. The minimum atomic E-state index is -0.942. The quantitative estimate of drug-likeness (QED) is 0.279. The van der Waals surface area contributed by atoms with Gasteiger partial charge in [0.05, 0.1) is 13.2 Å². The molecule has 2 aliphatic heterocycles. The van der Waals surface area contributed by atoms with Crippen LogP contribution in [0.1, 0.15) is 79.1 Å². The van der Waals surface area contributed by atoms with Crippen LogP contribution in [0.5, 0.6) is 0 Å². The Hall–Kier alpha value is -4.78. The summed E-state index contributed by atoms with van der Waals surface area (Å²) in [7, 11) is 1.30. The zero-order chi connectivity index (χ0) is 35.8. The number of methoxy groups -OCH3 is 1. The highest BCUT2D eigenvalue weighted by Crippen LogP contribution is 2.34. The molecule has 50 heavy (non-hydrogen) atoms. The Balaban J connectivity index is 1.32. The standard InChI is InChI=1S/C37H45N5O7S/c1-37(2,3)49-36(47)40-27(22-25-15-9-6-10-16-25)34(45)41-19-11-17-29(41)32-39-28(23-50-32)31(43)38-26(21-24-13-7-5-8-14-24)33(44)42-20-12-18-30(42)35(46)48-4/h5-10,13-16,23,26-27,29-30H,11-12,17-22H2,1-4H3,(H,38,43)(H,40,47)/t26-,27-,29-,30-/m0/s1. The van der Waals surface area contributed by atoms with Crippen LogP contribution in [0.2, 0.25) is 0 Å². The monoisotopic (exact) mass is 703 g/mol. The summed E-state index contributed by atoms with van der Waals surface area (Å²) in [6.07, 6.45) is 2.35. The summed E-state index contributed by atoms with van der Waals surface area (Å²) in [6, 6.07) is 15.9. The Morgan fingerprint density at radius 2 is 1.40 bits per heavy atom. The first-order chi connectivity index (χ1) is 23.9. The molecule has 2 aliphatic rings.